The Bertz CT molecular complexity index is 1190. The molecule has 2 heterocycles. The minimum atomic E-state index is -3.39. The van der Waals surface area contributed by atoms with Crippen LogP contribution in [-0.2, 0) is 27.8 Å². The van der Waals surface area contributed by atoms with Crippen molar-refractivity contribution < 1.29 is 18.0 Å². The van der Waals surface area contributed by atoms with Crippen LogP contribution in [0.3, 0.4) is 0 Å². The van der Waals surface area contributed by atoms with Gasteiger partial charge in [-0.3, -0.25) is 9.59 Å². The Hall–Kier alpha value is -2.71. The topological polar surface area (TPSA) is 86.8 Å². The number of sulfonamides is 1. The Labute approximate surface area is 234 Å². The van der Waals surface area contributed by atoms with E-state index in [-0.39, 0.29) is 23.1 Å². The average Bonchev–Trinajstić information content (AvgIpc) is 2.93. The SMILES string of the molecule is CC(=O)NCCC1CCN(C(=O)c2ccc(CN3C(C)CCC(CCCc4ccccc4)S3(=O)=O)cc2)CC1. The highest BCUT2D eigenvalue weighted by Gasteiger charge is 2.39. The van der Waals surface area contributed by atoms with E-state index in [1.807, 2.05) is 54.3 Å². The number of likely N-dealkylation sites (tertiary alicyclic amines) is 1. The highest BCUT2D eigenvalue weighted by atomic mass is 32.2. The Morgan fingerprint density at radius 1 is 0.897 bits per heavy atom. The molecule has 2 fully saturated rings. The van der Waals surface area contributed by atoms with Gasteiger partial charge in [0.15, 0.2) is 0 Å². The van der Waals surface area contributed by atoms with E-state index in [2.05, 4.69) is 17.4 Å². The summed E-state index contributed by atoms with van der Waals surface area (Å²) in [5.74, 6) is 0.551. The maximum Gasteiger partial charge on any atom is 0.253 e. The number of aryl methyl sites for hydroxylation is 1. The second-order valence-electron chi connectivity index (χ2n) is 11.2. The summed E-state index contributed by atoms with van der Waals surface area (Å²) in [6.45, 7) is 6.00. The first-order valence-electron chi connectivity index (χ1n) is 14.4. The van der Waals surface area contributed by atoms with Gasteiger partial charge in [-0.15, -0.1) is 0 Å². The van der Waals surface area contributed by atoms with Gasteiger partial charge < -0.3 is 10.2 Å². The van der Waals surface area contributed by atoms with E-state index >= 15 is 0 Å². The number of rotatable bonds is 10. The van der Waals surface area contributed by atoms with Crippen LogP contribution in [0.1, 0.15) is 80.3 Å². The smallest absolute Gasteiger partial charge is 0.253 e. The number of piperidine rings is 1. The lowest BCUT2D eigenvalue weighted by atomic mass is 9.93. The molecule has 1 N–H and O–H groups in total. The zero-order chi connectivity index (χ0) is 27.8. The first-order chi connectivity index (χ1) is 18.7. The second-order valence-corrected chi connectivity index (χ2v) is 13.4. The standard InChI is InChI=1S/C31H43N3O4S/c1-24-11-16-30(10-6-9-26-7-4-3-5-8-26)39(37,38)34(24)23-28-12-14-29(15-13-28)31(36)33-21-18-27(19-22-33)17-20-32-25(2)35/h3-5,7-8,12-15,24,27,30H,6,9-11,16-23H2,1-2H3,(H,32,35). The number of benzene rings is 2. The van der Waals surface area contributed by atoms with Gasteiger partial charge in [-0.05, 0) is 87.5 Å². The Morgan fingerprint density at radius 2 is 1.59 bits per heavy atom. The first kappa shape index (κ1) is 29.3. The Balaban J connectivity index is 1.29. The van der Waals surface area contributed by atoms with Crippen LogP contribution in [0, 0.1) is 5.92 Å². The summed E-state index contributed by atoms with van der Waals surface area (Å²) in [7, 11) is -3.39. The Morgan fingerprint density at radius 3 is 2.26 bits per heavy atom. The monoisotopic (exact) mass is 553 g/mol. The van der Waals surface area contributed by atoms with Crippen molar-refractivity contribution in [1.29, 1.82) is 0 Å². The van der Waals surface area contributed by atoms with Crippen LogP contribution in [0.5, 0.6) is 0 Å². The fraction of sp³-hybridized carbons (Fsp3) is 0.548. The lowest BCUT2D eigenvalue weighted by Gasteiger charge is -2.37. The predicted octanol–water partition coefficient (Wildman–Crippen LogP) is 4.77. The van der Waals surface area contributed by atoms with Crippen LogP contribution in [0.2, 0.25) is 0 Å². The zero-order valence-electron chi connectivity index (χ0n) is 23.3. The van der Waals surface area contributed by atoms with Gasteiger partial charge in [0.2, 0.25) is 15.9 Å². The van der Waals surface area contributed by atoms with Gasteiger partial charge in [0, 0.05) is 44.7 Å². The van der Waals surface area contributed by atoms with Crippen LogP contribution >= 0.6 is 0 Å². The van der Waals surface area contributed by atoms with Crippen LogP contribution in [0.15, 0.2) is 54.6 Å². The largest absolute Gasteiger partial charge is 0.356 e. The van der Waals surface area contributed by atoms with E-state index in [9.17, 15) is 18.0 Å². The number of hydrogen-bond acceptors (Lipinski definition) is 4. The van der Waals surface area contributed by atoms with Crippen LogP contribution in [-0.4, -0.2) is 60.4 Å². The van der Waals surface area contributed by atoms with E-state index in [1.54, 1.807) is 4.31 Å². The molecule has 2 aromatic carbocycles. The molecule has 0 radical (unpaired) electrons. The molecule has 7 nitrogen and oxygen atoms in total. The number of nitrogens with one attached hydrogen (secondary N) is 1. The molecule has 0 spiro atoms. The van der Waals surface area contributed by atoms with Crippen LogP contribution in [0.25, 0.3) is 0 Å². The third-order valence-corrected chi connectivity index (χ3v) is 10.8. The summed E-state index contributed by atoms with van der Waals surface area (Å²) in [5.41, 5.74) is 2.80. The zero-order valence-corrected chi connectivity index (χ0v) is 24.2. The van der Waals surface area contributed by atoms with Gasteiger partial charge in [0.25, 0.3) is 5.91 Å². The van der Waals surface area contributed by atoms with Gasteiger partial charge in [-0.25, -0.2) is 8.42 Å². The molecule has 2 aromatic rings. The highest BCUT2D eigenvalue weighted by Crippen LogP contribution is 2.31. The fourth-order valence-electron chi connectivity index (χ4n) is 5.87. The van der Waals surface area contributed by atoms with Crippen molar-refractivity contribution in [2.45, 2.75) is 83.1 Å². The normalized spacial score (nSPS) is 21.9. The van der Waals surface area contributed by atoms with Crippen molar-refractivity contribution in [2.24, 2.45) is 5.92 Å². The molecule has 0 saturated carbocycles. The average molecular weight is 554 g/mol. The molecule has 39 heavy (non-hydrogen) atoms. The van der Waals surface area contributed by atoms with Gasteiger partial charge in [0.1, 0.15) is 0 Å². The molecule has 2 aliphatic heterocycles. The third kappa shape index (κ3) is 7.92. The van der Waals surface area contributed by atoms with Gasteiger partial charge in [-0.2, -0.15) is 4.31 Å². The summed E-state index contributed by atoms with van der Waals surface area (Å²) in [4.78, 5) is 26.0. The lowest BCUT2D eigenvalue weighted by molar-refractivity contribution is -0.119. The molecule has 2 atom stereocenters. The van der Waals surface area contributed by atoms with Crippen molar-refractivity contribution in [1.82, 2.24) is 14.5 Å². The van der Waals surface area contributed by atoms with Crippen molar-refractivity contribution in [3.8, 4) is 0 Å². The van der Waals surface area contributed by atoms with Gasteiger partial charge >= 0.3 is 0 Å². The van der Waals surface area contributed by atoms with E-state index in [0.29, 0.717) is 37.4 Å². The molecule has 0 aliphatic carbocycles. The lowest BCUT2D eigenvalue weighted by Crippen LogP contribution is -2.48. The number of carbonyl (C=O) groups is 2. The quantitative estimate of drug-likeness (QED) is 0.459. The maximum atomic E-state index is 13.5. The van der Waals surface area contributed by atoms with Crippen molar-refractivity contribution in [2.75, 3.05) is 19.6 Å². The summed E-state index contributed by atoms with van der Waals surface area (Å²) in [6, 6.07) is 17.7. The molecule has 212 valence electrons. The number of nitrogens with zero attached hydrogens (tertiary/aromatic N) is 2. The fourth-order valence-corrected chi connectivity index (χ4v) is 8.09. The number of hydrogen-bond donors (Lipinski definition) is 1. The van der Waals surface area contributed by atoms with E-state index < -0.39 is 10.0 Å². The van der Waals surface area contributed by atoms with Crippen molar-refractivity contribution >= 4 is 21.8 Å². The molecule has 2 saturated heterocycles. The maximum absolute atomic E-state index is 13.5. The first-order valence-corrected chi connectivity index (χ1v) is 15.9. The van der Waals surface area contributed by atoms with E-state index in [4.69, 9.17) is 0 Å². The van der Waals surface area contributed by atoms with E-state index in [0.717, 1.165) is 57.2 Å². The molecule has 2 amide bonds. The minimum Gasteiger partial charge on any atom is -0.356 e. The molecule has 8 heteroatoms. The predicted molar refractivity (Wildman–Crippen MR) is 155 cm³/mol. The second kappa shape index (κ2) is 13.6. The molecule has 2 aliphatic rings. The van der Waals surface area contributed by atoms with Crippen LogP contribution in [0.4, 0.5) is 0 Å². The Kier molecular flexibility index (Phi) is 10.2. The number of carbonyl (C=O) groups excluding carboxylic acids is 2. The summed E-state index contributed by atoms with van der Waals surface area (Å²) < 4.78 is 28.7. The van der Waals surface area contributed by atoms with Crippen molar-refractivity contribution in [3.63, 3.8) is 0 Å². The molecular weight excluding hydrogens is 510 g/mol. The summed E-state index contributed by atoms with van der Waals surface area (Å²) in [6.07, 6.45) is 6.85. The van der Waals surface area contributed by atoms with Gasteiger partial charge in [-0.1, -0.05) is 42.5 Å². The molecule has 0 aromatic heterocycles. The van der Waals surface area contributed by atoms with Crippen LogP contribution < -0.4 is 5.32 Å². The molecule has 2 unspecified atom stereocenters. The third-order valence-electron chi connectivity index (χ3n) is 8.35. The minimum absolute atomic E-state index is 0.00272. The molecular formula is C31H43N3O4S. The van der Waals surface area contributed by atoms with Gasteiger partial charge in [0.05, 0.1) is 5.25 Å². The highest BCUT2D eigenvalue weighted by molar-refractivity contribution is 7.89. The molecule has 4 rings (SSSR count). The summed E-state index contributed by atoms with van der Waals surface area (Å²) >= 11 is 0. The van der Waals surface area contributed by atoms with Crippen molar-refractivity contribution in [3.05, 3.63) is 71.3 Å². The van der Waals surface area contributed by atoms with E-state index in [1.165, 1.54) is 12.5 Å². The summed E-state index contributed by atoms with van der Waals surface area (Å²) in [5, 5.41) is 2.52. The molecule has 0 bridgehead atoms. The number of amides is 2.